The first-order chi connectivity index (χ1) is 10.5. The molecule has 1 saturated carbocycles. The molecule has 2 atom stereocenters. The Morgan fingerprint density at radius 3 is 2.22 bits per heavy atom. The van der Waals surface area contributed by atoms with E-state index in [-0.39, 0.29) is 18.5 Å². The van der Waals surface area contributed by atoms with Gasteiger partial charge in [0.05, 0.1) is 11.3 Å². The number of esters is 1. The van der Waals surface area contributed by atoms with Crippen molar-refractivity contribution in [3.8, 4) is 0 Å². The minimum Gasteiger partial charge on any atom is -0.481 e. The van der Waals surface area contributed by atoms with Crippen LogP contribution in [-0.4, -0.2) is 17.0 Å². The molecule has 0 unspecified atom stereocenters. The van der Waals surface area contributed by atoms with Crippen molar-refractivity contribution >= 4 is 11.9 Å². The van der Waals surface area contributed by atoms with E-state index in [1.807, 2.05) is 65.0 Å². The first-order valence-electron chi connectivity index (χ1n) is 7.98. The van der Waals surface area contributed by atoms with Gasteiger partial charge in [-0.2, -0.15) is 0 Å². The topological polar surface area (TPSA) is 63.6 Å². The Labute approximate surface area is 137 Å². The second-order valence-corrected chi connectivity index (χ2v) is 8.03. The number of hydrogen-bond donors (Lipinski definition) is 1. The lowest BCUT2D eigenvalue weighted by atomic mass is 9.38. The third kappa shape index (κ3) is 2.64. The molecule has 1 aromatic carbocycles. The van der Waals surface area contributed by atoms with Crippen LogP contribution >= 0.6 is 0 Å². The van der Waals surface area contributed by atoms with Crippen molar-refractivity contribution < 1.29 is 19.4 Å². The van der Waals surface area contributed by atoms with E-state index in [9.17, 15) is 14.7 Å². The van der Waals surface area contributed by atoms with Gasteiger partial charge in [-0.25, -0.2) is 0 Å². The molecule has 0 radical (unpaired) electrons. The van der Waals surface area contributed by atoms with Crippen LogP contribution in [0.5, 0.6) is 0 Å². The molecule has 0 aromatic heterocycles. The van der Waals surface area contributed by atoms with Crippen LogP contribution in [0, 0.1) is 22.2 Å². The van der Waals surface area contributed by atoms with E-state index in [2.05, 4.69) is 0 Å². The van der Waals surface area contributed by atoms with E-state index in [1.165, 1.54) is 0 Å². The van der Waals surface area contributed by atoms with Crippen LogP contribution in [0.25, 0.3) is 0 Å². The summed E-state index contributed by atoms with van der Waals surface area (Å²) in [7, 11) is 0. The Bertz CT molecular complexity index is 598. The summed E-state index contributed by atoms with van der Waals surface area (Å²) in [5, 5.41) is 9.81. The van der Waals surface area contributed by atoms with Crippen LogP contribution in [0.1, 0.15) is 46.6 Å². The molecule has 0 bridgehead atoms. The number of carboxylic acids is 1. The first kappa shape index (κ1) is 17.5. The van der Waals surface area contributed by atoms with Crippen molar-refractivity contribution in [1.82, 2.24) is 0 Å². The molecule has 0 saturated heterocycles. The van der Waals surface area contributed by atoms with Gasteiger partial charge in [0, 0.05) is 0 Å². The Morgan fingerprint density at radius 1 is 1.22 bits per heavy atom. The number of aliphatic carboxylic acids is 1. The zero-order valence-electron chi connectivity index (χ0n) is 14.6. The monoisotopic (exact) mass is 318 g/mol. The SMILES string of the molecule is CC(C)(C)[C@]1(C(=O)O)C[C@H](C(=O)OCc2ccccc2)C1(C)C. The Morgan fingerprint density at radius 2 is 1.78 bits per heavy atom. The maximum Gasteiger partial charge on any atom is 0.310 e. The van der Waals surface area contributed by atoms with E-state index in [0.29, 0.717) is 6.42 Å². The highest BCUT2D eigenvalue weighted by Gasteiger charge is 2.71. The van der Waals surface area contributed by atoms with Crippen LogP contribution in [0.4, 0.5) is 0 Å². The summed E-state index contributed by atoms with van der Waals surface area (Å²) in [6, 6.07) is 9.49. The zero-order valence-corrected chi connectivity index (χ0v) is 14.6. The lowest BCUT2D eigenvalue weighted by Crippen LogP contribution is -2.67. The molecule has 4 heteroatoms. The summed E-state index contributed by atoms with van der Waals surface area (Å²) in [5.41, 5.74) is -1.07. The highest BCUT2D eigenvalue weighted by Crippen LogP contribution is 2.68. The number of benzene rings is 1. The summed E-state index contributed by atoms with van der Waals surface area (Å²) in [6.45, 7) is 9.73. The van der Waals surface area contributed by atoms with Crippen molar-refractivity contribution in [3.05, 3.63) is 35.9 Å². The van der Waals surface area contributed by atoms with Crippen molar-refractivity contribution in [2.24, 2.45) is 22.2 Å². The lowest BCUT2D eigenvalue weighted by Gasteiger charge is -2.63. The van der Waals surface area contributed by atoms with Crippen molar-refractivity contribution in [3.63, 3.8) is 0 Å². The Hall–Kier alpha value is -1.84. The average Bonchev–Trinajstić information content (AvgIpc) is 2.43. The summed E-state index contributed by atoms with van der Waals surface area (Å²) < 4.78 is 5.42. The molecule has 0 spiro atoms. The van der Waals surface area contributed by atoms with Gasteiger partial charge in [-0.05, 0) is 22.8 Å². The highest BCUT2D eigenvalue weighted by atomic mass is 16.5. The van der Waals surface area contributed by atoms with Crippen molar-refractivity contribution in [2.45, 2.75) is 47.6 Å². The lowest BCUT2D eigenvalue weighted by molar-refractivity contribution is -0.221. The van der Waals surface area contributed by atoms with Gasteiger partial charge in [-0.3, -0.25) is 9.59 Å². The van der Waals surface area contributed by atoms with E-state index in [4.69, 9.17) is 4.74 Å². The molecule has 23 heavy (non-hydrogen) atoms. The molecule has 1 fully saturated rings. The predicted molar refractivity (Wildman–Crippen MR) is 87.6 cm³/mol. The zero-order chi connectivity index (χ0) is 17.5. The van der Waals surface area contributed by atoms with Crippen LogP contribution in [0.15, 0.2) is 30.3 Å². The van der Waals surface area contributed by atoms with Gasteiger partial charge >= 0.3 is 11.9 Å². The predicted octanol–water partition coefficient (Wildman–Crippen LogP) is 3.89. The normalized spacial score (nSPS) is 26.2. The smallest absolute Gasteiger partial charge is 0.310 e. The average molecular weight is 318 g/mol. The second kappa shape index (κ2) is 5.66. The highest BCUT2D eigenvalue weighted by molar-refractivity contribution is 5.85. The fourth-order valence-corrected chi connectivity index (χ4v) is 4.15. The second-order valence-electron chi connectivity index (χ2n) is 8.03. The van der Waals surface area contributed by atoms with Gasteiger partial charge in [0.2, 0.25) is 0 Å². The maximum absolute atomic E-state index is 12.4. The molecule has 126 valence electrons. The molecule has 1 N–H and O–H groups in total. The molecule has 1 aliphatic rings. The minimum absolute atomic E-state index is 0.224. The van der Waals surface area contributed by atoms with E-state index < -0.39 is 22.2 Å². The van der Waals surface area contributed by atoms with Crippen LogP contribution < -0.4 is 0 Å². The minimum atomic E-state index is -0.920. The Balaban J connectivity index is 2.11. The van der Waals surface area contributed by atoms with Gasteiger partial charge in [-0.1, -0.05) is 65.0 Å². The van der Waals surface area contributed by atoms with Crippen LogP contribution in [-0.2, 0) is 20.9 Å². The number of carboxylic acid groups (broad SMARTS) is 1. The van der Waals surface area contributed by atoms with Gasteiger partial charge < -0.3 is 9.84 Å². The molecule has 4 nitrogen and oxygen atoms in total. The van der Waals surface area contributed by atoms with Crippen molar-refractivity contribution in [2.75, 3.05) is 0 Å². The van der Waals surface area contributed by atoms with E-state index in [0.717, 1.165) is 5.56 Å². The van der Waals surface area contributed by atoms with Gasteiger partial charge in [0.1, 0.15) is 6.61 Å². The largest absolute Gasteiger partial charge is 0.481 e. The van der Waals surface area contributed by atoms with Crippen LogP contribution in [0.2, 0.25) is 0 Å². The fraction of sp³-hybridized carbons (Fsp3) is 0.579. The molecule has 0 heterocycles. The third-order valence-electron chi connectivity index (χ3n) is 5.64. The molecule has 1 aromatic rings. The van der Waals surface area contributed by atoms with Gasteiger partial charge in [-0.15, -0.1) is 0 Å². The summed E-state index contributed by atoms with van der Waals surface area (Å²) in [6.07, 6.45) is 0.326. The number of carbonyl (C=O) groups excluding carboxylic acids is 1. The van der Waals surface area contributed by atoms with Gasteiger partial charge in [0.15, 0.2) is 0 Å². The third-order valence-corrected chi connectivity index (χ3v) is 5.64. The number of carbonyl (C=O) groups is 2. The van der Waals surface area contributed by atoms with E-state index >= 15 is 0 Å². The molecule has 1 aliphatic carbocycles. The Kier molecular flexibility index (Phi) is 4.31. The maximum atomic E-state index is 12.4. The van der Waals surface area contributed by atoms with E-state index in [1.54, 1.807) is 0 Å². The van der Waals surface area contributed by atoms with Crippen LogP contribution in [0.3, 0.4) is 0 Å². The molecular weight excluding hydrogens is 292 g/mol. The fourth-order valence-electron chi connectivity index (χ4n) is 4.15. The molecule has 0 amide bonds. The summed E-state index contributed by atoms with van der Waals surface area (Å²) in [4.78, 5) is 24.4. The standard InChI is InChI=1S/C19H26O4/c1-17(2,3)19(16(21)22)11-14(18(19,4)5)15(20)23-12-13-9-7-6-8-10-13/h6-10,14H,11-12H2,1-5H3,(H,21,22)/t14-,19-/m1/s1. The first-order valence-corrected chi connectivity index (χ1v) is 7.98. The van der Waals surface area contributed by atoms with Crippen molar-refractivity contribution in [1.29, 1.82) is 0 Å². The number of ether oxygens (including phenoxy) is 1. The summed E-state index contributed by atoms with van der Waals surface area (Å²) in [5.74, 6) is -1.52. The number of hydrogen-bond acceptors (Lipinski definition) is 3. The quantitative estimate of drug-likeness (QED) is 0.855. The molecule has 0 aliphatic heterocycles. The summed E-state index contributed by atoms with van der Waals surface area (Å²) >= 11 is 0. The molecular formula is C19H26O4. The molecule has 2 rings (SSSR count). The van der Waals surface area contributed by atoms with Gasteiger partial charge in [0.25, 0.3) is 0 Å². The number of rotatable bonds is 4.